The van der Waals surface area contributed by atoms with Crippen LogP contribution in [0.15, 0.2) is 72.8 Å². The van der Waals surface area contributed by atoms with Gasteiger partial charge in [0.2, 0.25) is 0 Å². The number of aromatic nitrogens is 1. The molecule has 3 heteroatoms. The first-order valence-corrected chi connectivity index (χ1v) is 7.81. The van der Waals surface area contributed by atoms with Gasteiger partial charge in [-0.2, -0.15) is 0 Å². The molecule has 4 aromatic rings. The maximum absolute atomic E-state index is 5.90. The minimum Gasteiger partial charge on any atom is -0.399 e. The molecule has 3 nitrogen and oxygen atoms in total. The molecule has 3 aromatic carbocycles. The van der Waals surface area contributed by atoms with Gasteiger partial charge in [-0.1, -0.05) is 62.4 Å². The topological polar surface area (TPSA) is 67.8 Å². The highest BCUT2D eigenvalue weighted by molar-refractivity contribution is 6.11. The van der Waals surface area contributed by atoms with Gasteiger partial charge in [0.15, 0.2) is 0 Å². The fourth-order valence-electron chi connectivity index (χ4n) is 2.35. The SMILES string of the molecule is CC.Nc1ccc2[nH]c3c(N)cccc3c2c1.c1ccccc1. The predicted molar refractivity (Wildman–Crippen MR) is 102 cm³/mol. The summed E-state index contributed by atoms with van der Waals surface area (Å²) in [6.45, 7) is 4.00. The third-order valence-electron chi connectivity index (χ3n) is 3.36. The van der Waals surface area contributed by atoms with Gasteiger partial charge in [-0.05, 0) is 24.3 Å². The summed E-state index contributed by atoms with van der Waals surface area (Å²) in [5.41, 5.74) is 15.2. The highest BCUT2D eigenvalue weighted by atomic mass is 14.7. The van der Waals surface area contributed by atoms with Gasteiger partial charge < -0.3 is 16.5 Å². The summed E-state index contributed by atoms with van der Waals surface area (Å²) in [4.78, 5) is 3.29. The lowest BCUT2D eigenvalue weighted by atomic mass is 10.1. The number of nitrogen functional groups attached to an aromatic ring is 2. The molecule has 23 heavy (non-hydrogen) atoms. The molecule has 0 bridgehead atoms. The molecule has 0 fully saturated rings. The van der Waals surface area contributed by atoms with Crippen LogP contribution in [0.3, 0.4) is 0 Å². The lowest BCUT2D eigenvalue weighted by Crippen LogP contribution is -1.84. The third-order valence-corrected chi connectivity index (χ3v) is 3.36. The Kier molecular flexibility index (Phi) is 5.64. The maximum atomic E-state index is 5.90. The van der Waals surface area contributed by atoms with Gasteiger partial charge >= 0.3 is 0 Å². The van der Waals surface area contributed by atoms with E-state index >= 15 is 0 Å². The summed E-state index contributed by atoms with van der Waals surface area (Å²) >= 11 is 0. The molecular weight excluding hydrogens is 282 g/mol. The molecular formula is C20H23N3. The summed E-state index contributed by atoms with van der Waals surface area (Å²) in [5.74, 6) is 0. The van der Waals surface area contributed by atoms with E-state index in [2.05, 4.69) is 4.98 Å². The smallest absolute Gasteiger partial charge is 0.0698 e. The molecule has 4 rings (SSSR count). The molecule has 0 unspecified atom stereocenters. The Labute approximate surface area is 136 Å². The number of anilines is 2. The molecule has 0 atom stereocenters. The molecule has 1 aromatic heterocycles. The predicted octanol–water partition coefficient (Wildman–Crippen LogP) is 5.20. The Morgan fingerprint density at radius 1 is 0.696 bits per heavy atom. The first kappa shape index (κ1) is 16.4. The van der Waals surface area contributed by atoms with Crippen molar-refractivity contribution in [2.45, 2.75) is 13.8 Å². The number of para-hydroxylation sites is 1. The van der Waals surface area contributed by atoms with Crippen LogP contribution in [0.5, 0.6) is 0 Å². The van der Waals surface area contributed by atoms with E-state index in [1.807, 2.05) is 86.6 Å². The molecule has 0 aliphatic rings. The van der Waals surface area contributed by atoms with Gasteiger partial charge in [-0.3, -0.25) is 0 Å². The number of hydrogen-bond acceptors (Lipinski definition) is 2. The van der Waals surface area contributed by atoms with Crippen molar-refractivity contribution in [2.75, 3.05) is 11.5 Å². The van der Waals surface area contributed by atoms with Crippen LogP contribution < -0.4 is 11.5 Å². The van der Waals surface area contributed by atoms with Crippen LogP contribution in [0, 0.1) is 0 Å². The lowest BCUT2D eigenvalue weighted by Gasteiger charge is -1.94. The van der Waals surface area contributed by atoms with Crippen LogP contribution in [-0.2, 0) is 0 Å². The number of hydrogen-bond donors (Lipinski definition) is 3. The van der Waals surface area contributed by atoms with Crippen LogP contribution in [0.4, 0.5) is 11.4 Å². The minimum atomic E-state index is 0.766. The Bertz CT molecular complexity index is 837. The summed E-state index contributed by atoms with van der Waals surface area (Å²) in [6.07, 6.45) is 0. The lowest BCUT2D eigenvalue weighted by molar-refractivity contribution is 1.50. The third kappa shape index (κ3) is 3.83. The quantitative estimate of drug-likeness (QED) is 0.391. The molecule has 0 amide bonds. The standard InChI is InChI=1S/C12H11N3.C6H6.C2H6/c13-7-4-5-11-9(6-7)8-2-1-3-10(14)12(8)15-11;1-2-4-6-5-3-1;1-2/h1-6,15H,13-14H2;1-6H;1-2H3. The zero-order chi connectivity index (χ0) is 16.7. The second-order valence-electron chi connectivity index (χ2n) is 4.85. The number of benzene rings is 3. The molecule has 5 N–H and O–H groups in total. The van der Waals surface area contributed by atoms with Gasteiger partial charge in [0.05, 0.1) is 11.2 Å². The van der Waals surface area contributed by atoms with Gasteiger partial charge in [0.25, 0.3) is 0 Å². The largest absolute Gasteiger partial charge is 0.399 e. The van der Waals surface area contributed by atoms with E-state index in [9.17, 15) is 0 Å². The Morgan fingerprint density at radius 3 is 1.91 bits per heavy atom. The highest BCUT2D eigenvalue weighted by Crippen LogP contribution is 2.29. The first-order chi connectivity index (χ1) is 11.3. The summed E-state index contributed by atoms with van der Waals surface area (Å²) < 4.78 is 0. The van der Waals surface area contributed by atoms with Gasteiger partial charge in [-0.15, -0.1) is 0 Å². The van der Waals surface area contributed by atoms with Crippen LogP contribution in [0.2, 0.25) is 0 Å². The number of rotatable bonds is 0. The van der Waals surface area contributed by atoms with E-state index in [0.29, 0.717) is 0 Å². The number of nitrogens with one attached hydrogen (secondary N) is 1. The Balaban J connectivity index is 0.000000202. The van der Waals surface area contributed by atoms with Crippen molar-refractivity contribution in [3.63, 3.8) is 0 Å². The van der Waals surface area contributed by atoms with Crippen LogP contribution in [0.25, 0.3) is 21.8 Å². The second kappa shape index (κ2) is 7.90. The van der Waals surface area contributed by atoms with Crippen LogP contribution in [0.1, 0.15) is 13.8 Å². The molecule has 0 spiro atoms. The van der Waals surface area contributed by atoms with Crippen molar-refractivity contribution < 1.29 is 0 Å². The average molecular weight is 305 g/mol. The maximum Gasteiger partial charge on any atom is 0.0698 e. The summed E-state index contributed by atoms with van der Waals surface area (Å²) in [6, 6.07) is 23.7. The van der Waals surface area contributed by atoms with E-state index in [-0.39, 0.29) is 0 Å². The minimum absolute atomic E-state index is 0.766. The monoisotopic (exact) mass is 305 g/mol. The average Bonchev–Trinajstić information content (AvgIpc) is 2.98. The van der Waals surface area contributed by atoms with E-state index < -0.39 is 0 Å². The van der Waals surface area contributed by atoms with Gasteiger partial charge in [0.1, 0.15) is 0 Å². The van der Waals surface area contributed by atoms with E-state index in [0.717, 1.165) is 33.2 Å². The first-order valence-electron chi connectivity index (χ1n) is 7.81. The highest BCUT2D eigenvalue weighted by Gasteiger charge is 2.05. The summed E-state index contributed by atoms with van der Waals surface area (Å²) in [7, 11) is 0. The zero-order valence-corrected chi connectivity index (χ0v) is 13.6. The second-order valence-corrected chi connectivity index (χ2v) is 4.85. The van der Waals surface area contributed by atoms with Gasteiger partial charge in [0, 0.05) is 22.0 Å². The normalized spacial score (nSPS) is 9.65. The van der Waals surface area contributed by atoms with E-state index in [1.54, 1.807) is 0 Å². The van der Waals surface area contributed by atoms with Crippen molar-refractivity contribution in [2.24, 2.45) is 0 Å². The van der Waals surface area contributed by atoms with Gasteiger partial charge in [-0.25, -0.2) is 0 Å². The Morgan fingerprint density at radius 2 is 1.30 bits per heavy atom. The van der Waals surface area contributed by atoms with Crippen molar-refractivity contribution in [1.82, 2.24) is 4.98 Å². The molecule has 0 saturated carbocycles. The molecule has 0 aliphatic carbocycles. The van der Waals surface area contributed by atoms with Crippen LogP contribution >= 0.6 is 0 Å². The molecule has 1 heterocycles. The number of H-pyrrole nitrogens is 1. The number of nitrogens with two attached hydrogens (primary N) is 2. The van der Waals surface area contributed by atoms with Crippen molar-refractivity contribution in [3.05, 3.63) is 72.8 Å². The van der Waals surface area contributed by atoms with Crippen molar-refractivity contribution >= 4 is 33.2 Å². The molecule has 118 valence electrons. The molecule has 0 aliphatic heterocycles. The zero-order valence-electron chi connectivity index (χ0n) is 13.6. The molecule has 0 radical (unpaired) electrons. The van der Waals surface area contributed by atoms with E-state index in [4.69, 9.17) is 11.5 Å². The van der Waals surface area contributed by atoms with Crippen molar-refractivity contribution in [1.29, 1.82) is 0 Å². The number of aromatic amines is 1. The van der Waals surface area contributed by atoms with Crippen molar-refractivity contribution in [3.8, 4) is 0 Å². The van der Waals surface area contributed by atoms with Crippen LogP contribution in [-0.4, -0.2) is 4.98 Å². The molecule has 0 saturated heterocycles. The number of fused-ring (bicyclic) bond motifs is 3. The van der Waals surface area contributed by atoms with E-state index in [1.165, 1.54) is 0 Å². The fourth-order valence-corrected chi connectivity index (χ4v) is 2.35. The fraction of sp³-hybridized carbons (Fsp3) is 0.100. The summed E-state index contributed by atoms with van der Waals surface area (Å²) in [5, 5.41) is 2.24. The Hall–Kier alpha value is -2.94.